The molecule has 0 aliphatic carbocycles. The molecule has 1 aromatic carbocycles. The topological polar surface area (TPSA) is 107 Å². The Balaban J connectivity index is 1.84. The molecule has 0 aliphatic heterocycles. The van der Waals surface area contributed by atoms with E-state index in [2.05, 4.69) is 14.7 Å². The maximum Gasteiger partial charge on any atom is 0.278 e. The minimum Gasteiger partial charge on any atom is -0.428 e. The van der Waals surface area contributed by atoms with Gasteiger partial charge in [-0.2, -0.15) is 0 Å². The maximum atomic E-state index is 14.2. The normalized spacial score (nSPS) is 11.3. The van der Waals surface area contributed by atoms with Gasteiger partial charge in [-0.25, -0.2) is 22.8 Å². The van der Waals surface area contributed by atoms with Crippen molar-refractivity contribution in [3.8, 4) is 10.9 Å². The van der Waals surface area contributed by atoms with Crippen LogP contribution in [0.15, 0.2) is 40.7 Å². The maximum absolute atomic E-state index is 14.2. The first-order valence-electron chi connectivity index (χ1n) is 7.08. The third kappa shape index (κ3) is 4.03. The fraction of sp³-hybridized carbons (Fsp3) is 0.0667. The summed E-state index contributed by atoms with van der Waals surface area (Å²) in [6.07, 6.45) is 1.22. The van der Waals surface area contributed by atoms with Crippen molar-refractivity contribution in [3.63, 3.8) is 0 Å². The lowest BCUT2D eigenvalue weighted by Crippen LogP contribution is -2.15. The summed E-state index contributed by atoms with van der Waals surface area (Å²) in [7, 11) is -4.09. The molecule has 0 saturated heterocycles. The SMILES string of the molecule is Cc1csc(Oc2ccc(NS(=O)(=O)c3cc(Cl)cnc3N)cc2F)n1. The number of sulfonamides is 1. The van der Waals surface area contributed by atoms with E-state index < -0.39 is 15.8 Å². The van der Waals surface area contributed by atoms with Crippen molar-refractivity contribution in [2.45, 2.75) is 11.8 Å². The number of anilines is 2. The van der Waals surface area contributed by atoms with Gasteiger partial charge in [-0.1, -0.05) is 22.9 Å². The van der Waals surface area contributed by atoms with Gasteiger partial charge in [0.1, 0.15) is 10.7 Å². The van der Waals surface area contributed by atoms with Gasteiger partial charge in [0.05, 0.1) is 16.4 Å². The Hall–Kier alpha value is -2.43. The van der Waals surface area contributed by atoms with Crippen LogP contribution in [0.4, 0.5) is 15.9 Å². The van der Waals surface area contributed by atoms with Crippen LogP contribution in [0.3, 0.4) is 0 Å². The molecule has 0 bridgehead atoms. The number of ether oxygens (including phenoxy) is 1. The predicted molar refractivity (Wildman–Crippen MR) is 97.8 cm³/mol. The molecule has 0 saturated carbocycles. The molecule has 136 valence electrons. The Morgan fingerprint density at radius 3 is 2.77 bits per heavy atom. The van der Waals surface area contributed by atoms with Gasteiger partial charge in [0.15, 0.2) is 11.6 Å². The largest absolute Gasteiger partial charge is 0.428 e. The van der Waals surface area contributed by atoms with Crippen molar-refractivity contribution in [3.05, 3.63) is 52.4 Å². The molecule has 0 aliphatic rings. The number of aromatic nitrogens is 2. The van der Waals surface area contributed by atoms with E-state index in [1.54, 1.807) is 12.3 Å². The van der Waals surface area contributed by atoms with Crippen molar-refractivity contribution in [2.75, 3.05) is 10.5 Å². The van der Waals surface area contributed by atoms with E-state index in [1.807, 2.05) is 0 Å². The van der Waals surface area contributed by atoms with Gasteiger partial charge in [0.25, 0.3) is 15.2 Å². The summed E-state index contributed by atoms with van der Waals surface area (Å²) >= 11 is 6.98. The van der Waals surface area contributed by atoms with Crippen LogP contribution in [0.1, 0.15) is 5.69 Å². The van der Waals surface area contributed by atoms with Crippen LogP contribution in [-0.4, -0.2) is 18.4 Å². The van der Waals surface area contributed by atoms with Crippen LogP contribution in [0.5, 0.6) is 10.9 Å². The summed E-state index contributed by atoms with van der Waals surface area (Å²) in [6, 6.07) is 4.79. The van der Waals surface area contributed by atoms with E-state index in [4.69, 9.17) is 22.1 Å². The molecule has 3 aromatic rings. The van der Waals surface area contributed by atoms with Gasteiger partial charge in [-0.15, -0.1) is 0 Å². The number of nitrogens with one attached hydrogen (secondary N) is 1. The third-order valence-corrected chi connectivity index (χ3v) is 5.57. The zero-order valence-electron chi connectivity index (χ0n) is 13.2. The third-order valence-electron chi connectivity index (χ3n) is 3.12. The summed E-state index contributed by atoms with van der Waals surface area (Å²) in [5.74, 6) is -1.05. The van der Waals surface area contributed by atoms with Gasteiger partial charge >= 0.3 is 0 Å². The second kappa shape index (κ2) is 7.06. The van der Waals surface area contributed by atoms with Gasteiger partial charge < -0.3 is 10.5 Å². The molecule has 2 heterocycles. The summed E-state index contributed by atoms with van der Waals surface area (Å²) < 4.78 is 46.6. The number of aryl methyl sites for hydroxylation is 1. The highest BCUT2D eigenvalue weighted by molar-refractivity contribution is 7.92. The number of rotatable bonds is 5. The number of thiazole rings is 1. The number of halogens is 2. The highest BCUT2D eigenvalue weighted by Crippen LogP contribution is 2.30. The molecule has 11 heteroatoms. The molecular weight excluding hydrogens is 403 g/mol. The number of pyridine rings is 1. The van der Waals surface area contributed by atoms with Gasteiger partial charge in [0, 0.05) is 17.6 Å². The molecular formula is C15H12ClFN4O3S2. The van der Waals surface area contributed by atoms with Crippen molar-refractivity contribution in [2.24, 2.45) is 0 Å². The van der Waals surface area contributed by atoms with Crippen molar-refractivity contribution in [1.29, 1.82) is 0 Å². The van der Waals surface area contributed by atoms with Crippen molar-refractivity contribution in [1.82, 2.24) is 9.97 Å². The lowest BCUT2D eigenvalue weighted by atomic mass is 10.3. The van der Waals surface area contributed by atoms with E-state index in [1.165, 1.54) is 29.7 Å². The fourth-order valence-corrected chi connectivity index (χ4v) is 4.02. The van der Waals surface area contributed by atoms with Crippen LogP contribution < -0.4 is 15.2 Å². The minimum absolute atomic E-state index is 0.00968. The highest BCUT2D eigenvalue weighted by Gasteiger charge is 2.20. The van der Waals surface area contributed by atoms with E-state index in [9.17, 15) is 12.8 Å². The van der Waals surface area contributed by atoms with Crippen LogP contribution >= 0.6 is 22.9 Å². The predicted octanol–water partition coefficient (Wildman–Crippen LogP) is 3.81. The standard InChI is InChI=1S/C15H12ClFN4O3S2/c1-8-7-25-15(20-8)24-12-3-2-10(5-11(12)17)21-26(22,23)13-4-9(16)6-19-14(13)18/h2-7,21H,1H3,(H2,18,19). The number of nitrogens with zero attached hydrogens (tertiary/aromatic N) is 2. The van der Waals surface area contributed by atoms with Crippen LogP contribution in [0.2, 0.25) is 5.02 Å². The monoisotopic (exact) mass is 414 g/mol. The Bertz CT molecular complexity index is 1070. The number of hydrogen-bond acceptors (Lipinski definition) is 7. The Morgan fingerprint density at radius 1 is 1.35 bits per heavy atom. The lowest BCUT2D eigenvalue weighted by molar-refractivity contribution is 0.439. The van der Waals surface area contributed by atoms with E-state index in [-0.39, 0.29) is 32.4 Å². The molecule has 0 radical (unpaired) electrons. The molecule has 0 atom stereocenters. The second-order valence-corrected chi connectivity index (χ2v) is 8.05. The van der Waals surface area contributed by atoms with Crippen LogP contribution in [0, 0.1) is 12.7 Å². The lowest BCUT2D eigenvalue weighted by Gasteiger charge is -2.11. The second-order valence-electron chi connectivity index (χ2n) is 5.14. The summed E-state index contributed by atoms with van der Waals surface area (Å²) in [6.45, 7) is 1.79. The Morgan fingerprint density at radius 2 is 2.12 bits per heavy atom. The first kappa shape index (κ1) is 18.4. The number of benzene rings is 1. The zero-order chi connectivity index (χ0) is 18.9. The summed E-state index contributed by atoms with van der Waals surface area (Å²) in [5.41, 5.74) is 6.33. The Kier molecular flexibility index (Phi) is 4.99. The van der Waals surface area contributed by atoms with Gasteiger partial charge in [0.2, 0.25) is 0 Å². The molecule has 3 rings (SSSR count). The van der Waals surface area contributed by atoms with Crippen LogP contribution in [-0.2, 0) is 10.0 Å². The average Bonchev–Trinajstić information content (AvgIpc) is 2.97. The van der Waals surface area contributed by atoms with E-state index >= 15 is 0 Å². The van der Waals surface area contributed by atoms with E-state index in [0.717, 1.165) is 17.8 Å². The Labute approximate surface area is 157 Å². The highest BCUT2D eigenvalue weighted by atomic mass is 35.5. The van der Waals surface area contributed by atoms with Crippen molar-refractivity contribution < 1.29 is 17.5 Å². The van der Waals surface area contributed by atoms with Gasteiger partial charge in [-0.05, 0) is 25.1 Å². The quantitative estimate of drug-likeness (QED) is 0.657. The smallest absolute Gasteiger partial charge is 0.278 e. The molecule has 26 heavy (non-hydrogen) atoms. The molecule has 0 amide bonds. The van der Waals surface area contributed by atoms with E-state index in [0.29, 0.717) is 0 Å². The molecule has 0 unspecified atom stereocenters. The van der Waals surface area contributed by atoms with Gasteiger partial charge in [-0.3, -0.25) is 4.72 Å². The summed E-state index contributed by atoms with van der Waals surface area (Å²) in [4.78, 5) is 7.46. The number of nitrogens with two attached hydrogens (primary N) is 1. The first-order chi connectivity index (χ1) is 12.2. The molecule has 0 spiro atoms. The number of hydrogen-bond donors (Lipinski definition) is 2. The van der Waals surface area contributed by atoms with Crippen LogP contribution in [0.25, 0.3) is 0 Å². The molecule has 3 N–H and O–H groups in total. The molecule has 2 aromatic heterocycles. The number of nitrogen functional groups attached to an aromatic ring is 1. The summed E-state index contributed by atoms with van der Waals surface area (Å²) in [5, 5.41) is 2.15. The first-order valence-corrected chi connectivity index (χ1v) is 9.82. The molecule has 7 nitrogen and oxygen atoms in total. The minimum atomic E-state index is -4.09. The fourth-order valence-electron chi connectivity index (χ4n) is 1.98. The average molecular weight is 415 g/mol. The molecule has 0 fully saturated rings. The zero-order valence-corrected chi connectivity index (χ0v) is 15.6. The van der Waals surface area contributed by atoms with Crippen molar-refractivity contribution >= 4 is 44.5 Å².